The molecule has 4 saturated carbocycles. The van der Waals surface area contributed by atoms with E-state index in [9.17, 15) is 15.0 Å². The highest BCUT2D eigenvalue weighted by molar-refractivity contribution is 5.26. The highest BCUT2D eigenvalue weighted by Crippen LogP contribution is 2.68. The highest BCUT2D eigenvalue weighted by atomic mass is 16.4. The van der Waals surface area contributed by atoms with Crippen LogP contribution in [0.25, 0.3) is 0 Å². The average Bonchev–Trinajstić information content (AvgIpc) is 2.94. The normalized spacial score (nSPS) is 49.1. The average molecular weight is 373 g/mol. The first-order chi connectivity index (χ1) is 12.9. The second kappa shape index (κ2) is 6.18. The van der Waals surface area contributed by atoms with E-state index in [2.05, 4.69) is 6.92 Å². The number of fused-ring (bicyclic) bond motifs is 5. The van der Waals surface area contributed by atoms with Crippen molar-refractivity contribution in [2.75, 3.05) is 0 Å². The Morgan fingerprint density at radius 1 is 1.04 bits per heavy atom. The quantitative estimate of drug-likeness (QED) is 0.785. The molecule has 1 aromatic rings. The minimum Gasteiger partial charge on any atom is -0.431 e. The fourth-order valence-corrected chi connectivity index (χ4v) is 7.91. The van der Waals surface area contributed by atoms with Gasteiger partial charge in [-0.1, -0.05) is 6.92 Å². The van der Waals surface area contributed by atoms with E-state index in [1.807, 2.05) is 6.07 Å². The number of aliphatic hydroxyl groups excluding tert-OH is 1. The van der Waals surface area contributed by atoms with Crippen LogP contribution in [0.3, 0.4) is 0 Å². The molecule has 0 aliphatic heterocycles. The van der Waals surface area contributed by atoms with Crippen LogP contribution in [0.15, 0.2) is 27.6 Å². The maximum atomic E-state index is 12.1. The maximum absolute atomic E-state index is 12.1. The van der Waals surface area contributed by atoms with E-state index < -0.39 is 5.60 Å². The van der Waals surface area contributed by atoms with Gasteiger partial charge in [-0.3, -0.25) is 0 Å². The van der Waals surface area contributed by atoms with Gasteiger partial charge in [-0.25, -0.2) is 4.79 Å². The Hall–Kier alpha value is -1.13. The summed E-state index contributed by atoms with van der Waals surface area (Å²) in [6, 6.07) is 3.42. The summed E-state index contributed by atoms with van der Waals surface area (Å²) in [7, 11) is 0. The number of aliphatic hydroxyl groups is 2. The summed E-state index contributed by atoms with van der Waals surface area (Å²) >= 11 is 0. The van der Waals surface area contributed by atoms with Gasteiger partial charge in [0.25, 0.3) is 0 Å². The minimum absolute atomic E-state index is 0.108. The molecule has 1 heterocycles. The van der Waals surface area contributed by atoms with Crippen LogP contribution in [0.5, 0.6) is 0 Å². The SMILES string of the molecule is C[C@]12CC[C@@H]3[C@H]4CC[C@H](O)C[C@H]4CC[C@@H]3[C@]1(O)CC[C@H]2c1ccc(=O)oc1. The lowest BCUT2D eigenvalue weighted by Crippen LogP contribution is -2.59. The Labute approximate surface area is 161 Å². The zero-order valence-electron chi connectivity index (χ0n) is 16.3. The molecule has 4 aliphatic rings. The van der Waals surface area contributed by atoms with E-state index in [0.29, 0.717) is 23.7 Å². The lowest BCUT2D eigenvalue weighted by molar-refractivity contribution is -0.183. The Balaban J connectivity index is 1.45. The summed E-state index contributed by atoms with van der Waals surface area (Å²) in [5.41, 5.74) is 0.00646. The van der Waals surface area contributed by atoms with Crippen molar-refractivity contribution in [2.24, 2.45) is 29.1 Å². The zero-order chi connectivity index (χ0) is 18.8. The van der Waals surface area contributed by atoms with Crippen molar-refractivity contribution in [1.82, 2.24) is 0 Å². The summed E-state index contributed by atoms with van der Waals surface area (Å²) in [4.78, 5) is 11.4. The number of hydrogen-bond acceptors (Lipinski definition) is 4. The van der Waals surface area contributed by atoms with Crippen molar-refractivity contribution in [3.63, 3.8) is 0 Å². The first kappa shape index (κ1) is 17.9. The Kier molecular flexibility index (Phi) is 4.11. The molecule has 4 nitrogen and oxygen atoms in total. The molecule has 0 bridgehead atoms. The lowest BCUT2D eigenvalue weighted by Gasteiger charge is -2.60. The van der Waals surface area contributed by atoms with Crippen molar-refractivity contribution in [3.05, 3.63) is 34.4 Å². The van der Waals surface area contributed by atoms with Gasteiger partial charge in [0, 0.05) is 11.5 Å². The van der Waals surface area contributed by atoms with E-state index >= 15 is 0 Å². The zero-order valence-corrected chi connectivity index (χ0v) is 16.3. The number of rotatable bonds is 1. The molecular formula is C23H32O4. The van der Waals surface area contributed by atoms with E-state index in [0.717, 1.165) is 56.9 Å². The van der Waals surface area contributed by atoms with Gasteiger partial charge in [-0.2, -0.15) is 0 Å². The molecule has 4 heteroatoms. The van der Waals surface area contributed by atoms with Crippen LogP contribution in [0.2, 0.25) is 0 Å². The molecule has 5 rings (SSSR count). The molecule has 2 N–H and O–H groups in total. The molecule has 8 atom stereocenters. The van der Waals surface area contributed by atoms with E-state index in [1.165, 1.54) is 12.5 Å². The van der Waals surface area contributed by atoms with Gasteiger partial charge in [-0.05, 0) is 99.0 Å². The van der Waals surface area contributed by atoms with Gasteiger partial charge in [0.2, 0.25) is 0 Å². The fourth-order valence-electron chi connectivity index (χ4n) is 7.91. The molecule has 0 aromatic carbocycles. The summed E-state index contributed by atoms with van der Waals surface area (Å²) < 4.78 is 5.15. The fraction of sp³-hybridized carbons (Fsp3) is 0.783. The van der Waals surface area contributed by atoms with Crippen LogP contribution in [-0.4, -0.2) is 21.9 Å². The van der Waals surface area contributed by atoms with Gasteiger partial charge < -0.3 is 14.6 Å². The third kappa shape index (κ3) is 2.52. The van der Waals surface area contributed by atoms with E-state index in [1.54, 1.807) is 6.26 Å². The lowest BCUT2D eigenvalue weighted by atomic mass is 9.47. The van der Waals surface area contributed by atoms with Gasteiger partial charge in [0.1, 0.15) is 0 Å². The van der Waals surface area contributed by atoms with Crippen molar-refractivity contribution in [2.45, 2.75) is 82.3 Å². The van der Waals surface area contributed by atoms with Gasteiger partial charge in [0.15, 0.2) is 0 Å². The highest BCUT2D eigenvalue weighted by Gasteiger charge is 2.65. The molecule has 148 valence electrons. The smallest absolute Gasteiger partial charge is 0.335 e. The van der Waals surface area contributed by atoms with Gasteiger partial charge in [-0.15, -0.1) is 0 Å². The minimum atomic E-state index is -0.613. The third-order valence-electron chi connectivity index (χ3n) is 9.24. The van der Waals surface area contributed by atoms with Crippen LogP contribution < -0.4 is 5.63 Å². The number of hydrogen-bond donors (Lipinski definition) is 2. The van der Waals surface area contributed by atoms with E-state index in [4.69, 9.17) is 4.42 Å². The molecule has 0 unspecified atom stereocenters. The molecule has 27 heavy (non-hydrogen) atoms. The van der Waals surface area contributed by atoms with Crippen LogP contribution >= 0.6 is 0 Å². The summed E-state index contributed by atoms with van der Waals surface area (Å²) in [5, 5.41) is 22.1. The second-order valence-corrected chi connectivity index (χ2v) is 10.1. The molecular weight excluding hydrogens is 340 g/mol. The monoisotopic (exact) mass is 372 g/mol. The third-order valence-corrected chi connectivity index (χ3v) is 9.24. The van der Waals surface area contributed by atoms with Gasteiger partial charge >= 0.3 is 5.63 Å². The molecule has 0 saturated heterocycles. The Morgan fingerprint density at radius 2 is 1.89 bits per heavy atom. The van der Waals surface area contributed by atoms with Crippen molar-refractivity contribution in [1.29, 1.82) is 0 Å². The van der Waals surface area contributed by atoms with Crippen LogP contribution in [-0.2, 0) is 0 Å². The van der Waals surface area contributed by atoms with Crippen molar-refractivity contribution >= 4 is 0 Å². The second-order valence-electron chi connectivity index (χ2n) is 10.1. The Morgan fingerprint density at radius 3 is 2.67 bits per heavy atom. The van der Waals surface area contributed by atoms with Crippen LogP contribution in [0.1, 0.15) is 76.2 Å². The summed E-state index contributed by atoms with van der Waals surface area (Å²) in [6.07, 6.45) is 10.9. The maximum Gasteiger partial charge on any atom is 0.335 e. The van der Waals surface area contributed by atoms with Gasteiger partial charge in [0.05, 0.1) is 18.0 Å². The Bertz CT molecular complexity index is 751. The molecule has 0 radical (unpaired) electrons. The first-order valence-electron chi connectivity index (χ1n) is 10.9. The van der Waals surface area contributed by atoms with Crippen molar-refractivity contribution < 1.29 is 14.6 Å². The topological polar surface area (TPSA) is 70.7 Å². The largest absolute Gasteiger partial charge is 0.431 e. The summed E-state index contributed by atoms with van der Waals surface area (Å²) in [5.74, 6) is 2.60. The van der Waals surface area contributed by atoms with Crippen LogP contribution in [0.4, 0.5) is 0 Å². The molecule has 1 aromatic heterocycles. The van der Waals surface area contributed by atoms with E-state index in [-0.39, 0.29) is 23.1 Å². The summed E-state index contributed by atoms with van der Waals surface area (Å²) in [6.45, 7) is 2.28. The predicted molar refractivity (Wildman–Crippen MR) is 102 cm³/mol. The predicted octanol–water partition coefficient (Wildman–Crippen LogP) is 3.85. The standard InChI is InChI=1S/C23H32O4/c1-22-10-8-18-17-5-4-16(24)12-14(17)2-6-20(18)23(22,26)11-9-19(22)15-3-7-21(25)27-13-15/h3,7,13-14,16-20,24,26H,2,4-6,8-12H2,1H3/t14-,16+,17+,18-,19+,20+,22-,23-/m1/s1. The molecule has 0 amide bonds. The molecule has 4 aliphatic carbocycles. The first-order valence-corrected chi connectivity index (χ1v) is 10.9. The molecule has 4 fully saturated rings. The van der Waals surface area contributed by atoms with Crippen molar-refractivity contribution in [3.8, 4) is 0 Å². The van der Waals surface area contributed by atoms with Crippen LogP contribution in [0, 0.1) is 29.1 Å². The molecule has 0 spiro atoms.